The maximum Gasteiger partial charge on any atom is 0.319 e. The van der Waals surface area contributed by atoms with Crippen LogP contribution in [0.3, 0.4) is 0 Å². The number of hydrogen-bond donors (Lipinski definition) is 3. The Kier molecular flexibility index (Phi) is 7.72. The second-order valence-electron chi connectivity index (χ2n) is 6.65. The topological polar surface area (TPSA) is 88.7 Å². The Morgan fingerprint density at radius 1 is 1.19 bits per heavy atom. The normalized spacial score (nSPS) is 19.5. The molecule has 0 spiro atoms. The third-order valence-corrected chi connectivity index (χ3v) is 4.52. The van der Waals surface area contributed by atoms with Crippen molar-refractivity contribution in [1.82, 2.24) is 5.32 Å². The van der Waals surface area contributed by atoms with E-state index in [1.54, 1.807) is 18.2 Å². The van der Waals surface area contributed by atoms with Crippen LogP contribution in [-0.4, -0.2) is 38.3 Å². The molecule has 0 aromatic heterocycles. The highest BCUT2D eigenvalue weighted by atomic mass is 16.5. The Balaban J connectivity index is 1.75. The van der Waals surface area contributed by atoms with Crippen LogP contribution in [0, 0.1) is 5.92 Å². The molecule has 7 nitrogen and oxygen atoms in total. The van der Waals surface area contributed by atoms with Gasteiger partial charge in [0, 0.05) is 25.2 Å². The molecule has 2 atom stereocenters. The lowest BCUT2D eigenvalue weighted by molar-refractivity contribution is -0.114. The minimum absolute atomic E-state index is 0.186. The van der Waals surface area contributed by atoms with Gasteiger partial charge in [-0.3, -0.25) is 4.79 Å². The summed E-state index contributed by atoms with van der Waals surface area (Å²) in [6.07, 6.45) is 5.13. The molecule has 1 aromatic carbocycles. The molecular formula is C19H29N3O4. The van der Waals surface area contributed by atoms with Gasteiger partial charge >= 0.3 is 6.03 Å². The SMILES string of the molecule is COc1cc(NC(=O)NCCO[C@H]2CCCC[C@H]2C)ccc1NC(C)=O. The van der Waals surface area contributed by atoms with Crippen molar-refractivity contribution in [2.45, 2.75) is 45.6 Å². The molecule has 0 heterocycles. The predicted molar refractivity (Wildman–Crippen MR) is 102 cm³/mol. The van der Waals surface area contributed by atoms with Gasteiger partial charge in [-0.2, -0.15) is 0 Å². The van der Waals surface area contributed by atoms with Crippen LogP contribution in [0.2, 0.25) is 0 Å². The van der Waals surface area contributed by atoms with Crippen molar-refractivity contribution in [1.29, 1.82) is 0 Å². The van der Waals surface area contributed by atoms with E-state index in [1.165, 1.54) is 33.3 Å². The number of methoxy groups -OCH3 is 1. The second kappa shape index (κ2) is 10.0. The zero-order valence-corrected chi connectivity index (χ0v) is 15.8. The Morgan fingerprint density at radius 3 is 2.65 bits per heavy atom. The van der Waals surface area contributed by atoms with E-state index in [0.717, 1.165) is 6.42 Å². The van der Waals surface area contributed by atoms with Crippen molar-refractivity contribution >= 4 is 23.3 Å². The quantitative estimate of drug-likeness (QED) is 0.648. The number of urea groups is 1. The average Bonchev–Trinajstić information content (AvgIpc) is 2.61. The van der Waals surface area contributed by atoms with Crippen LogP contribution in [0.4, 0.5) is 16.2 Å². The molecule has 0 radical (unpaired) electrons. The Bertz CT molecular complexity index is 621. The van der Waals surface area contributed by atoms with Gasteiger partial charge in [0.05, 0.1) is 25.5 Å². The average molecular weight is 363 g/mol. The zero-order valence-electron chi connectivity index (χ0n) is 15.8. The van der Waals surface area contributed by atoms with E-state index < -0.39 is 0 Å². The highest BCUT2D eigenvalue weighted by molar-refractivity contribution is 5.93. The van der Waals surface area contributed by atoms with Crippen molar-refractivity contribution in [3.05, 3.63) is 18.2 Å². The highest BCUT2D eigenvalue weighted by Crippen LogP contribution is 2.28. The first-order valence-corrected chi connectivity index (χ1v) is 9.11. The number of anilines is 2. The van der Waals surface area contributed by atoms with Crippen molar-refractivity contribution < 1.29 is 19.1 Å². The summed E-state index contributed by atoms with van der Waals surface area (Å²) in [4.78, 5) is 23.2. The Labute approximate surface area is 154 Å². The molecule has 7 heteroatoms. The first-order valence-electron chi connectivity index (χ1n) is 9.11. The molecule has 0 saturated heterocycles. The van der Waals surface area contributed by atoms with E-state index >= 15 is 0 Å². The molecule has 1 aliphatic carbocycles. The summed E-state index contributed by atoms with van der Waals surface area (Å²) >= 11 is 0. The summed E-state index contributed by atoms with van der Waals surface area (Å²) < 4.78 is 11.1. The first-order chi connectivity index (χ1) is 12.5. The number of hydrogen-bond acceptors (Lipinski definition) is 4. The van der Waals surface area contributed by atoms with Crippen LogP contribution in [0.5, 0.6) is 5.75 Å². The molecule has 1 saturated carbocycles. The lowest BCUT2D eigenvalue weighted by Crippen LogP contribution is -2.34. The number of rotatable bonds is 7. The number of benzene rings is 1. The molecule has 144 valence electrons. The van der Waals surface area contributed by atoms with Crippen molar-refractivity contribution in [2.24, 2.45) is 5.92 Å². The minimum atomic E-state index is -0.306. The molecule has 1 fully saturated rings. The van der Waals surface area contributed by atoms with E-state index in [9.17, 15) is 9.59 Å². The molecule has 1 aliphatic rings. The fourth-order valence-electron chi connectivity index (χ4n) is 3.14. The van der Waals surface area contributed by atoms with E-state index in [-0.39, 0.29) is 11.9 Å². The second-order valence-corrected chi connectivity index (χ2v) is 6.65. The van der Waals surface area contributed by atoms with Crippen molar-refractivity contribution in [3.63, 3.8) is 0 Å². The van der Waals surface area contributed by atoms with Gasteiger partial charge in [-0.25, -0.2) is 4.79 Å². The summed E-state index contributed by atoms with van der Waals surface area (Å²) in [5.74, 6) is 0.883. The fourth-order valence-corrected chi connectivity index (χ4v) is 3.14. The molecule has 3 amide bonds. The maximum atomic E-state index is 12.0. The molecule has 26 heavy (non-hydrogen) atoms. The lowest BCUT2D eigenvalue weighted by atomic mass is 9.88. The van der Waals surface area contributed by atoms with Crippen LogP contribution in [0.1, 0.15) is 39.5 Å². The van der Waals surface area contributed by atoms with Gasteiger partial charge in [0.15, 0.2) is 0 Å². The summed E-state index contributed by atoms with van der Waals surface area (Å²) in [6, 6.07) is 4.74. The van der Waals surface area contributed by atoms with E-state index in [0.29, 0.717) is 42.3 Å². The monoisotopic (exact) mass is 363 g/mol. The van der Waals surface area contributed by atoms with E-state index in [2.05, 4.69) is 22.9 Å². The predicted octanol–water partition coefficient (Wildman–Crippen LogP) is 3.37. The highest BCUT2D eigenvalue weighted by Gasteiger charge is 2.21. The van der Waals surface area contributed by atoms with Crippen LogP contribution in [0.25, 0.3) is 0 Å². The molecule has 3 N–H and O–H groups in total. The van der Waals surface area contributed by atoms with E-state index in [4.69, 9.17) is 9.47 Å². The standard InChI is InChI=1S/C19H29N3O4/c1-13-6-4-5-7-17(13)26-11-10-20-19(24)22-15-8-9-16(21-14(2)23)18(12-15)25-3/h8-9,12-13,17H,4-7,10-11H2,1-3H3,(H,21,23)(H2,20,22,24)/t13-,17+/m1/s1. The van der Waals surface area contributed by atoms with Gasteiger partial charge in [-0.15, -0.1) is 0 Å². The number of nitrogens with one attached hydrogen (secondary N) is 3. The Morgan fingerprint density at radius 2 is 1.96 bits per heavy atom. The summed E-state index contributed by atoms with van der Waals surface area (Å²) in [5.41, 5.74) is 1.14. The minimum Gasteiger partial charge on any atom is -0.494 e. The summed E-state index contributed by atoms with van der Waals surface area (Å²) in [6.45, 7) is 4.61. The van der Waals surface area contributed by atoms with Crippen LogP contribution in [0.15, 0.2) is 18.2 Å². The molecular weight excluding hydrogens is 334 g/mol. The first kappa shape index (κ1) is 20.0. The summed E-state index contributed by atoms with van der Waals surface area (Å²) in [5, 5.41) is 8.20. The van der Waals surface area contributed by atoms with Crippen LogP contribution >= 0.6 is 0 Å². The van der Waals surface area contributed by atoms with Gasteiger partial charge in [0.25, 0.3) is 0 Å². The molecule has 1 aromatic rings. The summed E-state index contributed by atoms with van der Waals surface area (Å²) in [7, 11) is 1.51. The largest absolute Gasteiger partial charge is 0.494 e. The van der Waals surface area contributed by atoms with Gasteiger partial charge in [0.1, 0.15) is 5.75 Å². The van der Waals surface area contributed by atoms with Crippen molar-refractivity contribution in [2.75, 3.05) is 30.9 Å². The lowest BCUT2D eigenvalue weighted by Gasteiger charge is -2.28. The molecule has 0 aliphatic heterocycles. The molecule has 0 unspecified atom stereocenters. The molecule has 0 bridgehead atoms. The number of carbonyl (C=O) groups is 2. The number of carbonyl (C=O) groups excluding carboxylic acids is 2. The van der Waals surface area contributed by atoms with Crippen LogP contribution < -0.4 is 20.7 Å². The van der Waals surface area contributed by atoms with Crippen molar-refractivity contribution in [3.8, 4) is 5.75 Å². The third-order valence-electron chi connectivity index (χ3n) is 4.52. The van der Waals surface area contributed by atoms with E-state index in [1.807, 2.05) is 0 Å². The number of ether oxygens (including phenoxy) is 2. The van der Waals surface area contributed by atoms with Gasteiger partial charge < -0.3 is 25.4 Å². The van der Waals surface area contributed by atoms with Gasteiger partial charge in [-0.1, -0.05) is 19.8 Å². The Hall–Kier alpha value is -2.28. The third kappa shape index (κ3) is 6.22. The fraction of sp³-hybridized carbons (Fsp3) is 0.579. The number of amides is 3. The van der Waals surface area contributed by atoms with Gasteiger partial charge in [-0.05, 0) is 30.9 Å². The maximum absolute atomic E-state index is 12.0. The zero-order chi connectivity index (χ0) is 18.9. The van der Waals surface area contributed by atoms with Crippen LogP contribution in [-0.2, 0) is 9.53 Å². The van der Waals surface area contributed by atoms with Gasteiger partial charge in [0.2, 0.25) is 5.91 Å². The smallest absolute Gasteiger partial charge is 0.319 e. The molecule has 2 rings (SSSR count).